The number of fused-ring (bicyclic) bond motifs is 26. The fourth-order valence-corrected chi connectivity index (χ4v) is 31.4. The van der Waals surface area contributed by atoms with E-state index >= 15 is 0 Å². The van der Waals surface area contributed by atoms with E-state index in [0.717, 1.165) is 160 Å². The van der Waals surface area contributed by atoms with Crippen molar-refractivity contribution in [3.8, 4) is 0 Å². The number of rotatable bonds is 15. The maximum atomic E-state index is 12.8. The summed E-state index contributed by atoms with van der Waals surface area (Å²) in [7, 11) is -3.41. The second-order valence-electron chi connectivity index (χ2n) is 46.2. The number of amides is 1. The molecule has 18 fully saturated rings. The molecule has 16 saturated carbocycles. The smallest absolute Gasteiger partial charge is 0.347 e. The van der Waals surface area contributed by atoms with Crippen LogP contribution in [0.3, 0.4) is 0 Å². The number of carbonyl (C=O) groups is 10. The van der Waals surface area contributed by atoms with Crippen LogP contribution < -0.4 is 4.72 Å². The summed E-state index contributed by atoms with van der Waals surface area (Å²) in [6.07, 6.45) is 15.0. The number of ether oxygens (including phenoxy) is 9. The third-order valence-corrected chi connectivity index (χ3v) is 37.6. The van der Waals surface area contributed by atoms with Crippen LogP contribution in [0.25, 0.3) is 0 Å². The number of aliphatic carboxylic acids is 2. The van der Waals surface area contributed by atoms with Crippen LogP contribution in [0.15, 0.2) is 0 Å². The Morgan fingerprint density at radius 2 is 0.766 bits per heavy atom. The van der Waals surface area contributed by atoms with Crippen LogP contribution >= 0.6 is 0 Å². The minimum atomic E-state index is -3.41. The molecule has 0 radical (unpaired) electrons. The summed E-state index contributed by atoms with van der Waals surface area (Å²) >= 11 is 0. The van der Waals surface area contributed by atoms with Gasteiger partial charge < -0.3 is 52.8 Å². The number of hydrogen-bond acceptors (Lipinski definition) is 21. The zero-order valence-electron chi connectivity index (χ0n) is 79.0. The maximum Gasteiger partial charge on any atom is 0.347 e. The minimum Gasteiger partial charge on any atom is -0.481 e. The average molecular weight is 1760 g/mol. The first-order chi connectivity index (χ1) is 57.8. The van der Waals surface area contributed by atoms with Gasteiger partial charge in [-0.3, -0.25) is 47.9 Å². The lowest BCUT2D eigenvalue weighted by molar-refractivity contribution is -0.194. The van der Waals surface area contributed by atoms with E-state index < -0.39 is 99.0 Å². The van der Waals surface area contributed by atoms with Crippen molar-refractivity contribution < 1.29 is 109 Å². The average Bonchev–Trinajstić information content (AvgIpc) is 1.53. The molecule has 1 amide bonds. The Bertz CT molecular complexity index is 4040. The summed E-state index contributed by atoms with van der Waals surface area (Å²) in [6, 6.07) is 0. The number of carboxylic acid groups (broad SMARTS) is 2. The van der Waals surface area contributed by atoms with Gasteiger partial charge in [0.15, 0.2) is 6.29 Å². The Labute approximate surface area is 739 Å². The lowest BCUT2D eigenvalue weighted by atomic mass is 9.62. The molecule has 700 valence electrons. The van der Waals surface area contributed by atoms with Crippen LogP contribution in [0, 0.1) is 243 Å². The standard InChI is InChI=1S/C20H30O3.C19H28O6.C19H30O2.C15H24O5.C15H24O4.C11H19NO3S/c1-10-11(2)14-9-13(10)18-12-7-15(19(14)18)16(8-12)20(21)23-17-5-3-4-6-22-17;1-9-10(2)12-8-11(9)14(15(12)18(22)25-19(3,4)5)17(21)24-13-6-7-23-16(13)20;1-9-10(2)13-8-12(9)16-11-6-14(17(13)16)15(7-11)18(20)21-19(3,4)5;1-5-19-9(4)20-15(18)13-11-6-10(7(2)8(11)3)12(13)14(16)17;1-7-8(2)10-6-9(7)11(13(16)17)12(10)14(18)19-15(3,4)5;1-6-7(2)9-4-8(6)5-10(9)11(13)12-16(3,14)15/h10-19H,3-9H2,1-2H3;9-15H,6-8H2,1-5H3;9-17H,6-8H2,1-5H3;7-13H,5-6H2,1-4H3,(H,16,17);7-12H,6H2,1-5H3,(H,16,17);6-10H,4-5H2,1-3H3,(H,12,13). The van der Waals surface area contributed by atoms with E-state index in [0.29, 0.717) is 84.0 Å². The highest BCUT2D eigenvalue weighted by Crippen LogP contribution is 2.74. The highest BCUT2D eigenvalue weighted by atomic mass is 32.2. The van der Waals surface area contributed by atoms with E-state index in [1.54, 1.807) is 6.92 Å². The summed E-state index contributed by atoms with van der Waals surface area (Å²) in [5.41, 5.74) is -1.50. The predicted octanol–water partition coefficient (Wildman–Crippen LogP) is 16.1. The Morgan fingerprint density at radius 3 is 1.15 bits per heavy atom. The highest BCUT2D eigenvalue weighted by Gasteiger charge is 2.70. The summed E-state index contributed by atoms with van der Waals surface area (Å²) < 4.78 is 73.0. The SMILES string of the molecule is CC1C(C)C2CC1C(C(=O)O)C2C(=O)OC(C)(C)C.CC1C(C)C2CC1C(C(=O)OC1CCOC1=O)C2C(=O)OC(C)(C)C.CC1C(C)C2CC1C1C3CC(C(=O)OC(C)(C)C)C(C3)C21.CC1C(C)C2CC1C1C3CC(C(=O)OC4CCCCO4)C(C3)C21.CC1C2CC(C(=O)NS(C)(=O)=O)C(C2)C1C.CCOC(C)OC(=O)C1C2CC(C(C)C2C)C1C(=O)O. The minimum absolute atomic E-state index is 0.0614. The van der Waals surface area contributed by atoms with Crippen LogP contribution in [0.4, 0.5) is 0 Å². The van der Waals surface area contributed by atoms with Gasteiger partial charge in [0.25, 0.3) is 0 Å². The number of cyclic esters (lactones) is 1. The monoisotopic (exact) mass is 1760 g/mol. The lowest BCUT2D eigenvalue weighted by Gasteiger charge is -2.43. The Hall–Kier alpha value is -5.43. The summed E-state index contributed by atoms with van der Waals surface area (Å²) in [5.74, 6) is 12.1. The molecule has 16 aliphatic carbocycles. The van der Waals surface area contributed by atoms with Gasteiger partial charge in [0.05, 0.1) is 66.8 Å². The van der Waals surface area contributed by atoms with Gasteiger partial charge in [-0.25, -0.2) is 13.2 Å². The largest absolute Gasteiger partial charge is 0.481 e. The third-order valence-electron chi connectivity index (χ3n) is 37.0. The number of nitrogens with one attached hydrogen (secondary N) is 1. The van der Waals surface area contributed by atoms with E-state index in [4.69, 9.17) is 42.6 Å². The normalized spacial score (nSPS) is 46.1. The van der Waals surface area contributed by atoms with Crippen LogP contribution in [0.5, 0.6) is 0 Å². The second-order valence-corrected chi connectivity index (χ2v) is 47.9. The van der Waals surface area contributed by atoms with Crippen LogP contribution in [0.1, 0.15) is 256 Å². The molecule has 0 aromatic heterocycles. The van der Waals surface area contributed by atoms with Crippen LogP contribution in [-0.4, -0.2) is 140 Å². The number of carbonyl (C=O) groups excluding carboxylic acids is 8. The number of sulfonamides is 1. The van der Waals surface area contributed by atoms with Crippen molar-refractivity contribution in [3.05, 3.63) is 0 Å². The summed E-state index contributed by atoms with van der Waals surface area (Å²) in [4.78, 5) is 122. The van der Waals surface area contributed by atoms with Crippen molar-refractivity contribution in [1.82, 2.24) is 4.72 Å². The van der Waals surface area contributed by atoms with Gasteiger partial charge in [-0.2, -0.15) is 0 Å². The van der Waals surface area contributed by atoms with E-state index in [1.165, 1.54) is 25.7 Å². The summed E-state index contributed by atoms with van der Waals surface area (Å²) in [5, 5.41) is 18.9. The third kappa shape index (κ3) is 18.8. The van der Waals surface area contributed by atoms with Gasteiger partial charge in [0.2, 0.25) is 28.3 Å². The number of hydrogen-bond donors (Lipinski definition) is 3. The molecule has 44 unspecified atom stereocenters. The highest BCUT2D eigenvalue weighted by molar-refractivity contribution is 7.89. The second kappa shape index (κ2) is 36.7. The first-order valence-corrected chi connectivity index (χ1v) is 50.4. The Morgan fingerprint density at radius 1 is 0.403 bits per heavy atom. The van der Waals surface area contributed by atoms with Gasteiger partial charge in [0.1, 0.15) is 16.8 Å². The van der Waals surface area contributed by atoms with Crippen molar-refractivity contribution in [3.63, 3.8) is 0 Å². The van der Waals surface area contributed by atoms with Crippen molar-refractivity contribution in [1.29, 1.82) is 0 Å². The molecule has 2 heterocycles. The van der Waals surface area contributed by atoms with Gasteiger partial charge in [-0.1, -0.05) is 83.1 Å². The fourth-order valence-electron chi connectivity index (χ4n) is 30.9. The van der Waals surface area contributed by atoms with E-state index in [-0.39, 0.29) is 102 Å². The topological polar surface area (TPSA) is 340 Å². The van der Waals surface area contributed by atoms with Crippen molar-refractivity contribution >= 4 is 69.7 Å². The van der Waals surface area contributed by atoms with Crippen molar-refractivity contribution in [2.45, 2.75) is 291 Å². The molecule has 0 aromatic rings. The van der Waals surface area contributed by atoms with Crippen LogP contribution in [-0.2, 0) is 101 Å². The predicted molar refractivity (Wildman–Crippen MR) is 460 cm³/mol. The molecule has 18 rings (SSSR count). The molecular formula is C99H155NO23S. The molecule has 0 aromatic carbocycles. The molecular weight excluding hydrogens is 1600 g/mol. The lowest BCUT2D eigenvalue weighted by Crippen LogP contribution is -2.44. The first kappa shape index (κ1) is 96.1. The van der Waals surface area contributed by atoms with Gasteiger partial charge >= 0.3 is 53.7 Å². The fraction of sp³-hybridized carbons (Fsp3) is 0.899. The molecule has 18 aliphatic rings. The van der Waals surface area contributed by atoms with Gasteiger partial charge in [-0.15, -0.1) is 0 Å². The molecule has 25 heteroatoms. The zero-order chi connectivity index (χ0) is 91.0. The van der Waals surface area contributed by atoms with Crippen molar-refractivity contribution in [2.75, 3.05) is 26.1 Å². The van der Waals surface area contributed by atoms with E-state index in [9.17, 15) is 66.6 Å². The Kier molecular flexibility index (Phi) is 28.5. The van der Waals surface area contributed by atoms with Crippen molar-refractivity contribution in [2.24, 2.45) is 243 Å². The molecule has 16 bridgehead atoms. The quantitative estimate of drug-likeness (QED) is 0.0593. The number of esters is 7. The number of carboxylic acids is 2. The van der Waals surface area contributed by atoms with Crippen LogP contribution in [0.2, 0.25) is 0 Å². The first-order valence-electron chi connectivity index (χ1n) is 48.5. The molecule has 2 aliphatic heterocycles. The van der Waals surface area contributed by atoms with Gasteiger partial charge in [-0.05, 0) is 349 Å². The summed E-state index contributed by atoms with van der Waals surface area (Å²) in [6.45, 7) is 48.9. The zero-order valence-corrected chi connectivity index (χ0v) is 79.8. The van der Waals surface area contributed by atoms with Gasteiger partial charge in [0, 0.05) is 25.4 Å². The molecule has 24 nitrogen and oxygen atoms in total. The molecule has 44 atom stereocenters. The van der Waals surface area contributed by atoms with E-state index in [1.807, 2.05) is 69.2 Å². The molecule has 2 saturated heterocycles. The molecule has 0 spiro atoms. The maximum absolute atomic E-state index is 12.8. The molecule has 124 heavy (non-hydrogen) atoms. The molecule has 3 N–H and O–H groups in total. The Balaban J connectivity index is 0.000000129. The van der Waals surface area contributed by atoms with E-state index in [2.05, 4.69) is 87.8 Å².